The van der Waals surface area contributed by atoms with E-state index in [0.29, 0.717) is 22.6 Å². The van der Waals surface area contributed by atoms with Crippen LogP contribution >= 0.6 is 0 Å². The fraction of sp³-hybridized carbons (Fsp3) is 0.160. The summed E-state index contributed by atoms with van der Waals surface area (Å²) in [4.78, 5) is 37.5. The Kier molecular flexibility index (Phi) is 6.82. The third kappa shape index (κ3) is 5.36. The van der Waals surface area contributed by atoms with Crippen LogP contribution in [0.1, 0.15) is 42.2 Å². The molecular formula is C25H23NO5. The summed E-state index contributed by atoms with van der Waals surface area (Å²) in [7, 11) is 1.54. The first kappa shape index (κ1) is 21.8. The van der Waals surface area contributed by atoms with Gasteiger partial charge in [-0.15, -0.1) is 0 Å². The lowest BCUT2D eigenvalue weighted by Gasteiger charge is -2.11. The van der Waals surface area contributed by atoms with Crippen molar-refractivity contribution in [3.05, 3.63) is 94.5 Å². The number of amides is 1. The standard InChI is InChI=1S/C25H23NO5/c1-16-8-9-19(14-17(16)2)23(27)15-31-25(29)21-6-4-5-7-22(21)26-24(28)18-10-12-20(30-3)13-11-18/h4-14H,15H2,1-3H3,(H,26,28). The van der Waals surface area contributed by atoms with Gasteiger partial charge in [-0.1, -0.05) is 24.3 Å². The number of hydrogen-bond donors (Lipinski definition) is 1. The maximum Gasteiger partial charge on any atom is 0.340 e. The molecule has 0 aliphatic heterocycles. The van der Waals surface area contributed by atoms with Crippen LogP contribution in [0.2, 0.25) is 0 Å². The number of methoxy groups -OCH3 is 1. The lowest BCUT2D eigenvalue weighted by molar-refractivity contribution is 0.0475. The summed E-state index contributed by atoms with van der Waals surface area (Å²) in [5, 5.41) is 2.71. The van der Waals surface area contributed by atoms with Crippen molar-refractivity contribution in [3.63, 3.8) is 0 Å². The van der Waals surface area contributed by atoms with Gasteiger partial charge in [0, 0.05) is 11.1 Å². The molecule has 158 valence electrons. The maximum absolute atomic E-state index is 12.6. The molecule has 0 aromatic heterocycles. The highest BCUT2D eigenvalue weighted by molar-refractivity contribution is 6.08. The van der Waals surface area contributed by atoms with Gasteiger partial charge in [-0.3, -0.25) is 9.59 Å². The minimum absolute atomic E-state index is 0.164. The number of para-hydroxylation sites is 1. The van der Waals surface area contributed by atoms with E-state index in [9.17, 15) is 14.4 Å². The summed E-state index contributed by atoms with van der Waals surface area (Å²) in [6.45, 7) is 3.49. The van der Waals surface area contributed by atoms with E-state index < -0.39 is 5.97 Å². The Hall–Kier alpha value is -3.93. The number of ether oxygens (including phenoxy) is 2. The Bertz CT molecular complexity index is 1120. The summed E-state index contributed by atoms with van der Waals surface area (Å²) < 4.78 is 10.3. The molecule has 31 heavy (non-hydrogen) atoms. The number of benzene rings is 3. The van der Waals surface area contributed by atoms with Gasteiger partial charge in [0.15, 0.2) is 12.4 Å². The van der Waals surface area contributed by atoms with E-state index in [0.717, 1.165) is 11.1 Å². The van der Waals surface area contributed by atoms with Crippen LogP contribution in [0.5, 0.6) is 5.75 Å². The number of Topliss-reactive ketones (excluding diaryl/α,β-unsaturated/α-hetero) is 1. The second kappa shape index (κ2) is 9.71. The van der Waals surface area contributed by atoms with Crippen molar-refractivity contribution in [2.24, 2.45) is 0 Å². The molecule has 3 aromatic rings. The highest BCUT2D eigenvalue weighted by Crippen LogP contribution is 2.19. The zero-order valence-corrected chi connectivity index (χ0v) is 17.6. The molecule has 0 saturated carbocycles. The number of ketones is 1. The molecule has 6 nitrogen and oxygen atoms in total. The smallest absolute Gasteiger partial charge is 0.340 e. The maximum atomic E-state index is 12.6. The third-order valence-corrected chi connectivity index (χ3v) is 4.91. The fourth-order valence-corrected chi connectivity index (χ4v) is 2.91. The first-order valence-electron chi connectivity index (χ1n) is 9.71. The Balaban J connectivity index is 1.68. The van der Waals surface area contributed by atoms with Gasteiger partial charge in [0.25, 0.3) is 5.91 Å². The first-order chi connectivity index (χ1) is 14.9. The van der Waals surface area contributed by atoms with E-state index in [1.807, 2.05) is 19.9 Å². The Labute approximate surface area is 180 Å². The summed E-state index contributed by atoms with van der Waals surface area (Å²) in [5.74, 6) is -0.734. The second-order valence-corrected chi connectivity index (χ2v) is 7.03. The van der Waals surface area contributed by atoms with Crippen molar-refractivity contribution in [3.8, 4) is 5.75 Å². The summed E-state index contributed by atoms with van der Waals surface area (Å²) in [5.41, 5.74) is 3.42. The SMILES string of the molecule is COc1ccc(C(=O)Nc2ccccc2C(=O)OCC(=O)c2ccc(C)c(C)c2)cc1. The minimum atomic E-state index is -0.692. The highest BCUT2D eigenvalue weighted by Gasteiger charge is 2.17. The van der Waals surface area contributed by atoms with Crippen molar-refractivity contribution < 1.29 is 23.9 Å². The number of carbonyl (C=O) groups is 3. The van der Waals surface area contributed by atoms with Crippen molar-refractivity contribution in [2.75, 3.05) is 19.0 Å². The van der Waals surface area contributed by atoms with E-state index in [4.69, 9.17) is 9.47 Å². The van der Waals surface area contributed by atoms with Crippen LogP contribution in [-0.4, -0.2) is 31.4 Å². The average Bonchev–Trinajstić information content (AvgIpc) is 2.79. The monoisotopic (exact) mass is 417 g/mol. The van der Waals surface area contributed by atoms with Crippen LogP contribution < -0.4 is 10.1 Å². The van der Waals surface area contributed by atoms with Gasteiger partial charge in [-0.25, -0.2) is 4.79 Å². The van der Waals surface area contributed by atoms with Gasteiger partial charge in [0.05, 0.1) is 18.4 Å². The molecule has 0 spiro atoms. The molecule has 6 heteroatoms. The largest absolute Gasteiger partial charge is 0.497 e. The Morgan fingerprint density at radius 3 is 2.19 bits per heavy atom. The first-order valence-corrected chi connectivity index (χ1v) is 9.71. The number of hydrogen-bond acceptors (Lipinski definition) is 5. The van der Waals surface area contributed by atoms with E-state index in [-0.39, 0.29) is 23.9 Å². The van der Waals surface area contributed by atoms with Crippen LogP contribution in [0.4, 0.5) is 5.69 Å². The molecule has 0 saturated heterocycles. The predicted octanol–water partition coefficient (Wildman–Crippen LogP) is 4.60. The zero-order chi connectivity index (χ0) is 22.4. The van der Waals surface area contributed by atoms with Crippen LogP contribution in [-0.2, 0) is 4.74 Å². The van der Waals surface area contributed by atoms with E-state index >= 15 is 0 Å². The Morgan fingerprint density at radius 1 is 0.839 bits per heavy atom. The van der Waals surface area contributed by atoms with Crippen molar-refractivity contribution in [2.45, 2.75) is 13.8 Å². The minimum Gasteiger partial charge on any atom is -0.497 e. The molecule has 1 amide bonds. The molecule has 0 heterocycles. The van der Waals surface area contributed by atoms with Crippen LogP contribution in [0.25, 0.3) is 0 Å². The fourth-order valence-electron chi connectivity index (χ4n) is 2.91. The third-order valence-electron chi connectivity index (χ3n) is 4.91. The van der Waals surface area contributed by atoms with Gasteiger partial charge in [0.1, 0.15) is 5.75 Å². The lowest BCUT2D eigenvalue weighted by atomic mass is 10.0. The molecule has 0 unspecified atom stereocenters. The highest BCUT2D eigenvalue weighted by atomic mass is 16.5. The van der Waals surface area contributed by atoms with Crippen molar-refractivity contribution >= 4 is 23.3 Å². The number of aryl methyl sites for hydroxylation is 2. The van der Waals surface area contributed by atoms with Crippen molar-refractivity contribution in [1.29, 1.82) is 0 Å². The van der Waals surface area contributed by atoms with E-state index in [2.05, 4.69) is 5.32 Å². The van der Waals surface area contributed by atoms with Crippen molar-refractivity contribution in [1.82, 2.24) is 0 Å². The lowest BCUT2D eigenvalue weighted by Crippen LogP contribution is -2.18. The molecule has 1 N–H and O–H groups in total. The molecular weight excluding hydrogens is 394 g/mol. The van der Waals surface area contributed by atoms with E-state index in [1.54, 1.807) is 61.7 Å². The van der Waals surface area contributed by atoms with Gasteiger partial charge >= 0.3 is 5.97 Å². The molecule has 0 aliphatic carbocycles. The summed E-state index contributed by atoms with van der Waals surface area (Å²) in [6, 6.07) is 18.4. The van der Waals surface area contributed by atoms with Crippen LogP contribution in [0.3, 0.4) is 0 Å². The number of nitrogens with one attached hydrogen (secondary N) is 1. The second-order valence-electron chi connectivity index (χ2n) is 7.03. The number of rotatable bonds is 7. The van der Waals surface area contributed by atoms with E-state index in [1.165, 1.54) is 6.07 Å². The normalized spacial score (nSPS) is 10.3. The van der Waals surface area contributed by atoms with Gasteiger partial charge in [0.2, 0.25) is 0 Å². The molecule has 0 atom stereocenters. The topological polar surface area (TPSA) is 81.7 Å². The number of anilines is 1. The molecule has 0 radical (unpaired) electrons. The quantitative estimate of drug-likeness (QED) is 0.449. The predicted molar refractivity (Wildman–Crippen MR) is 118 cm³/mol. The van der Waals surface area contributed by atoms with Crippen LogP contribution in [0, 0.1) is 13.8 Å². The average molecular weight is 417 g/mol. The number of esters is 1. The molecule has 0 fully saturated rings. The molecule has 0 bridgehead atoms. The molecule has 3 aromatic carbocycles. The van der Waals surface area contributed by atoms with Gasteiger partial charge < -0.3 is 14.8 Å². The Morgan fingerprint density at radius 2 is 1.52 bits per heavy atom. The summed E-state index contributed by atoms with van der Waals surface area (Å²) >= 11 is 0. The molecule has 0 aliphatic rings. The molecule has 3 rings (SSSR count). The summed E-state index contributed by atoms with van der Waals surface area (Å²) in [6.07, 6.45) is 0. The van der Waals surface area contributed by atoms with Crippen LogP contribution in [0.15, 0.2) is 66.7 Å². The zero-order valence-electron chi connectivity index (χ0n) is 17.6. The van der Waals surface area contributed by atoms with Gasteiger partial charge in [-0.2, -0.15) is 0 Å². The van der Waals surface area contributed by atoms with Gasteiger partial charge in [-0.05, 0) is 67.4 Å². The number of carbonyl (C=O) groups excluding carboxylic acids is 3.